The number of benzene rings is 2. The lowest BCUT2D eigenvalue weighted by Crippen LogP contribution is -2.50. The predicted molar refractivity (Wildman–Crippen MR) is 97.6 cm³/mol. The Labute approximate surface area is 149 Å². The van der Waals surface area contributed by atoms with Crippen molar-refractivity contribution in [3.05, 3.63) is 71.8 Å². The van der Waals surface area contributed by atoms with Gasteiger partial charge in [-0.2, -0.15) is 0 Å². The van der Waals surface area contributed by atoms with E-state index in [0.29, 0.717) is 25.9 Å². The van der Waals surface area contributed by atoms with E-state index >= 15 is 0 Å². The van der Waals surface area contributed by atoms with Gasteiger partial charge in [-0.05, 0) is 30.4 Å². The van der Waals surface area contributed by atoms with Crippen LogP contribution in [0.25, 0.3) is 0 Å². The first-order valence-corrected chi connectivity index (χ1v) is 8.92. The molecule has 1 aliphatic heterocycles. The van der Waals surface area contributed by atoms with E-state index in [2.05, 4.69) is 0 Å². The highest BCUT2D eigenvalue weighted by molar-refractivity contribution is 5.84. The van der Waals surface area contributed by atoms with Crippen LogP contribution in [0.3, 0.4) is 0 Å². The second-order valence-corrected chi connectivity index (χ2v) is 6.42. The molecule has 0 N–H and O–H groups in total. The van der Waals surface area contributed by atoms with Crippen LogP contribution in [0, 0.1) is 0 Å². The molecule has 130 valence electrons. The van der Waals surface area contributed by atoms with Crippen molar-refractivity contribution in [1.29, 1.82) is 0 Å². The Hall–Kier alpha value is -2.62. The molecule has 2 aromatic rings. The topological polar surface area (TPSA) is 40.6 Å². The highest BCUT2D eigenvalue weighted by atomic mass is 16.2. The summed E-state index contributed by atoms with van der Waals surface area (Å²) in [5.41, 5.74) is 1.96. The highest BCUT2D eigenvalue weighted by Gasteiger charge is 2.27. The molecule has 0 aliphatic carbocycles. The summed E-state index contributed by atoms with van der Waals surface area (Å²) < 4.78 is 0. The number of carbonyl (C=O) groups excluding carboxylic acids is 2. The number of rotatable bonds is 4. The Morgan fingerprint density at radius 1 is 0.640 bits per heavy atom. The molecule has 3 rings (SSSR count). The van der Waals surface area contributed by atoms with Gasteiger partial charge >= 0.3 is 0 Å². The summed E-state index contributed by atoms with van der Waals surface area (Å²) in [4.78, 5) is 25.6. The van der Waals surface area contributed by atoms with E-state index < -0.39 is 0 Å². The van der Waals surface area contributed by atoms with Gasteiger partial charge in [-0.1, -0.05) is 60.7 Å². The van der Waals surface area contributed by atoms with Gasteiger partial charge in [-0.15, -0.1) is 0 Å². The molecule has 4 nitrogen and oxygen atoms in total. The zero-order valence-corrected chi connectivity index (χ0v) is 14.4. The van der Waals surface area contributed by atoms with Crippen LogP contribution in [0.15, 0.2) is 60.7 Å². The summed E-state index contributed by atoms with van der Waals surface area (Å²) >= 11 is 0. The number of nitrogens with zero attached hydrogens (tertiary/aromatic N) is 2. The van der Waals surface area contributed by atoms with Crippen molar-refractivity contribution >= 4 is 11.8 Å². The van der Waals surface area contributed by atoms with Gasteiger partial charge in [0.25, 0.3) is 0 Å². The molecule has 0 atom stereocenters. The van der Waals surface area contributed by atoms with Gasteiger partial charge in [-0.25, -0.2) is 0 Å². The van der Waals surface area contributed by atoms with E-state index in [1.54, 1.807) is 10.0 Å². The molecule has 0 unspecified atom stereocenters. The number of amides is 2. The molecule has 0 spiro atoms. The first-order chi connectivity index (χ1) is 12.2. The van der Waals surface area contributed by atoms with Crippen molar-refractivity contribution in [2.75, 3.05) is 13.1 Å². The molecule has 2 aromatic carbocycles. The van der Waals surface area contributed by atoms with Crippen LogP contribution in [0.2, 0.25) is 0 Å². The maximum atomic E-state index is 12.8. The van der Waals surface area contributed by atoms with Crippen LogP contribution in [0.4, 0.5) is 0 Å². The Morgan fingerprint density at radius 2 is 1.04 bits per heavy atom. The Balaban J connectivity index is 1.72. The minimum absolute atomic E-state index is 0.00508. The van der Waals surface area contributed by atoms with Crippen LogP contribution in [0.5, 0.6) is 0 Å². The number of carbonyl (C=O) groups is 2. The van der Waals surface area contributed by atoms with E-state index in [9.17, 15) is 9.59 Å². The van der Waals surface area contributed by atoms with Crippen molar-refractivity contribution in [3.8, 4) is 0 Å². The van der Waals surface area contributed by atoms with Crippen molar-refractivity contribution in [2.24, 2.45) is 0 Å². The van der Waals surface area contributed by atoms with Gasteiger partial charge in [0.15, 0.2) is 0 Å². The fourth-order valence-corrected chi connectivity index (χ4v) is 3.18. The van der Waals surface area contributed by atoms with Gasteiger partial charge in [0, 0.05) is 13.1 Å². The maximum Gasteiger partial charge on any atom is 0.245 e. The van der Waals surface area contributed by atoms with Crippen molar-refractivity contribution in [3.63, 3.8) is 0 Å². The van der Waals surface area contributed by atoms with Gasteiger partial charge in [0.05, 0.1) is 12.8 Å². The van der Waals surface area contributed by atoms with E-state index in [1.165, 1.54) is 0 Å². The Kier molecular flexibility index (Phi) is 5.83. The summed E-state index contributed by atoms with van der Waals surface area (Å²) in [6, 6.07) is 19.4. The van der Waals surface area contributed by atoms with Gasteiger partial charge in [0.2, 0.25) is 11.8 Å². The van der Waals surface area contributed by atoms with Crippen molar-refractivity contribution in [1.82, 2.24) is 10.0 Å². The first-order valence-electron chi connectivity index (χ1n) is 8.92. The first kappa shape index (κ1) is 17.2. The summed E-state index contributed by atoms with van der Waals surface area (Å²) in [5, 5.41) is 3.34. The average Bonchev–Trinajstić information content (AvgIpc) is 2.89. The molecule has 0 bridgehead atoms. The molecule has 1 heterocycles. The zero-order chi connectivity index (χ0) is 17.5. The third-order valence-corrected chi connectivity index (χ3v) is 4.50. The molecular weight excluding hydrogens is 312 g/mol. The maximum absolute atomic E-state index is 12.8. The molecule has 0 aromatic heterocycles. The second-order valence-electron chi connectivity index (χ2n) is 6.42. The summed E-state index contributed by atoms with van der Waals surface area (Å²) in [5.74, 6) is -0.0102. The second kappa shape index (κ2) is 8.47. The van der Waals surface area contributed by atoms with Crippen molar-refractivity contribution in [2.45, 2.75) is 32.1 Å². The van der Waals surface area contributed by atoms with Crippen LogP contribution >= 0.6 is 0 Å². The van der Waals surface area contributed by atoms with Gasteiger partial charge < -0.3 is 0 Å². The smallest absolute Gasteiger partial charge is 0.245 e. The van der Waals surface area contributed by atoms with Crippen molar-refractivity contribution < 1.29 is 9.59 Å². The molecule has 1 fully saturated rings. The molecule has 4 heteroatoms. The predicted octanol–water partition coefficient (Wildman–Crippen LogP) is 3.23. The quantitative estimate of drug-likeness (QED) is 0.860. The van der Waals surface area contributed by atoms with Crippen LogP contribution in [0.1, 0.15) is 30.4 Å². The SMILES string of the molecule is O=C(Cc1ccccc1)N1CCCCCN1C(=O)Cc1ccccc1. The summed E-state index contributed by atoms with van der Waals surface area (Å²) in [6.07, 6.45) is 3.58. The molecule has 0 radical (unpaired) electrons. The van der Waals surface area contributed by atoms with Crippen LogP contribution in [-0.4, -0.2) is 34.9 Å². The van der Waals surface area contributed by atoms with E-state index in [0.717, 1.165) is 30.4 Å². The lowest BCUT2D eigenvalue weighted by molar-refractivity contribution is -0.162. The fraction of sp³-hybridized carbons (Fsp3) is 0.333. The molecule has 1 aliphatic rings. The molecule has 2 amide bonds. The minimum Gasteiger partial charge on any atom is -0.273 e. The summed E-state index contributed by atoms with van der Waals surface area (Å²) in [7, 11) is 0. The highest BCUT2D eigenvalue weighted by Crippen LogP contribution is 2.15. The van der Waals surface area contributed by atoms with Crippen LogP contribution < -0.4 is 0 Å². The zero-order valence-electron chi connectivity index (χ0n) is 14.4. The molecule has 0 saturated carbocycles. The van der Waals surface area contributed by atoms with Gasteiger partial charge in [-0.3, -0.25) is 19.6 Å². The number of hydrazine groups is 1. The third kappa shape index (κ3) is 4.69. The Bertz CT molecular complexity index is 639. The van der Waals surface area contributed by atoms with Gasteiger partial charge in [0.1, 0.15) is 0 Å². The lowest BCUT2D eigenvalue weighted by Gasteiger charge is -2.33. The lowest BCUT2D eigenvalue weighted by atomic mass is 10.1. The van der Waals surface area contributed by atoms with E-state index in [1.807, 2.05) is 60.7 Å². The Morgan fingerprint density at radius 3 is 1.44 bits per heavy atom. The van der Waals surface area contributed by atoms with E-state index in [-0.39, 0.29) is 11.8 Å². The summed E-state index contributed by atoms with van der Waals surface area (Å²) in [6.45, 7) is 1.23. The normalized spacial score (nSPS) is 14.9. The molecule has 1 saturated heterocycles. The third-order valence-electron chi connectivity index (χ3n) is 4.50. The minimum atomic E-state index is -0.00508. The molecule has 25 heavy (non-hydrogen) atoms. The standard InChI is InChI=1S/C21H24N2O2/c24-20(16-18-10-4-1-5-11-18)22-14-8-3-9-15-23(22)21(25)17-19-12-6-2-7-13-19/h1-2,4-7,10-13H,3,8-9,14-17H2. The average molecular weight is 336 g/mol. The number of hydrogen-bond donors (Lipinski definition) is 0. The van der Waals surface area contributed by atoms with E-state index in [4.69, 9.17) is 0 Å². The van der Waals surface area contributed by atoms with Crippen LogP contribution in [-0.2, 0) is 22.4 Å². The fourth-order valence-electron chi connectivity index (χ4n) is 3.18. The number of hydrogen-bond acceptors (Lipinski definition) is 2. The molecular formula is C21H24N2O2. The monoisotopic (exact) mass is 336 g/mol. The largest absolute Gasteiger partial charge is 0.273 e.